The Kier molecular flexibility index (Phi) is 6.19. The highest BCUT2D eigenvalue weighted by Gasteiger charge is 2.29. The number of aromatic nitrogens is 2. The lowest BCUT2D eigenvalue weighted by molar-refractivity contribution is 0.0789. The Balaban J connectivity index is 0.00000225. The molecule has 1 aromatic heterocycles. The molecule has 0 spiro atoms. The average Bonchev–Trinajstić information content (AvgIpc) is 3.15. The van der Waals surface area contributed by atoms with Crippen molar-refractivity contribution >= 4 is 18.3 Å². The standard InChI is InChI=1S/C18H23FN4O.ClH/c1-12-7-8-16(14(19)11-12)23-15-6-4-5-13(15)17(21-23)18(24)22(3)10-9-20-2;/h7-8,11,20H,4-6,9-10H2,1-3H3;1H. The first-order chi connectivity index (χ1) is 11.5. The number of rotatable bonds is 5. The predicted octanol–water partition coefficient (Wildman–Crippen LogP) is 2.52. The highest BCUT2D eigenvalue weighted by molar-refractivity contribution is 5.94. The van der Waals surface area contributed by atoms with E-state index in [0.29, 0.717) is 17.9 Å². The number of fused-ring (bicyclic) bond motifs is 1. The summed E-state index contributed by atoms with van der Waals surface area (Å²) in [6, 6.07) is 5.09. The molecule has 0 atom stereocenters. The van der Waals surface area contributed by atoms with Crippen LogP contribution in [0.4, 0.5) is 4.39 Å². The van der Waals surface area contributed by atoms with Crippen molar-refractivity contribution in [3.63, 3.8) is 0 Å². The van der Waals surface area contributed by atoms with Crippen LogP contribution in [0.5, 0.6) is 0 Å². The topological polar surface area (TPSA) is 50.2 Å². The summed E-state index contributed by atoms with van der Waals surface area (Å²) in [7, 11) is 3.62. The van der Waals surface area contributed by atoms with Crippen molar-refractivity contribution in [1.82, 2.24) is 20.0 Å². The minimum absolute atomic E-state index is 0. The van der Waals surface area contributed by atoms with Crippen LogP contribution in [-0.4, -0.2) is 47.8 Å². The molecule has 7 heteroatoms. The van der Waals surface area contributed by atoms with E-state index in [1.807, 2.05) is 20.0 Å². The maximum atomic E-state index is 14.4. The van der Waals surface area contributed by atoms with Crippen LogP contribution in [0.1, 0.15) is 33.7 Å². The monoisotopic (exact) mass is 366 g/mol. The number of aryl methyl sites for hydroxylation is 1. The summed E-state index contributed by atoms with van der Waals surface area (Å²) >= 11 is 0. The van der Waals surface area contributed by atoms with Gasteiger partial charge in [-0.1, -0.05) is 6.07 Å². The molecule has 0 bridgehead atoms. The van der Waals surface area contributed by atoms with Gasteiger partial charge in [0.25, 0.3) is 5.91 Å². The summed E-state index contributed by atoms with van der Waals surface area (Å²) in [5.41, 5.74) is 3.67. The molecule has 1 heterocycles. The van der Waals surface area contributed by atoms with Gasteiger partial charge in [-0.3, -0.25) is 4.79 Å². The number of hydrogen-bond donors (Lipinski definition) is 1. The molecule has 0 radical (unpaired) electrons. The molecule has 25 heavy (non-hydrogen) atoms. The summed E-state index contributed by atoms with van der Waals surface area (Å²) in [5, 5.41) is 7.52. The van der Waals surface area contributed by atoms with Crippen molar-refractivity contribution in [2.45, 2.75) is 26.2 Å². The number of carbonyl (C=O) groups excluding carboxylic acids is 1. The molecule has 0 aliphatic heterocycles. The molecule has 5 nitrogen and oxygen atoms in total. The van der Waals surface area contributed by atoms with E-state index in [1.165, 1.54) is 6.07 Å². The summed E-state index contributed by atoms with van der Waals surface area (Å²) in [6.07, 6.45) is 2.62. The van der Waals surface area contributed by atoms with Crippen LogP contribution in [0.25, 0.3) is 5.69 Å². The third kappa shape index (κ3) is 3.70. The maximum Gasteiger partial charge on any atom is 0.274 e. The molecule has 0 unspecified atom stereocenters. The molecule has 136 valence electrons. The molecule has 1 aliphatic rings. The molecule has 0 fully saturated rings. The molecule has 0 saturated heterocycles. The largest absolute Gasteiger partial charge is 0.339 e. The van der Waals surface area contributed by atoms with Gasteiger partial charge in [0.15, 0.2) is 5.69 Å². The number of nitrogens with one attached hydrogen (secondary N) is 1. The van der Waals surface area contributed by atoms with E-state index < -0.39 is 0 Å². The summed E-state index contributed by atoms with van der Waals surface area (Å²) < 4.78 is 16.0. The van der Waals surface area contributed by atoms with Crippen LogP contribution in [0, 0.1) is 12.7 Å². The van der Waals surface area contributed by atoms with Crippen molar-refractivity contribution in [3.05, 3.63) is 46.5 Å². The van der Waals surface area contributed by atoms with E-state index >= 15 is 0 Å². The SMILES string of the molecule is CNCCN(C)C(=O)c1nn(-c2ccc(C)cc2F)c2c1CCC2.Cl. The van der Waals surface area contributed by atoms with E-state index in [0.717, 1.165) is 42.6 Å². The highest BCUT2D eigenvalue weighted by Crippen LogP contribution is 2.29. The zero-order valence-corrected chi connectivity index (χ0v) is 15.6. The van der Waals surface area contributed by atoms with Crippen LogP contribution in [0.15, 0.2) is 18.2 Å². The molecule has 0 saturated carbocycles. The fourth-order valence-corrected chi connectivity index (χ4v) is 3.15. The van der Waals surface area contributed by atoms with Crippen molar-refractivity contribution in [3.8, 4) is 5.69 Å². The third-order valence-electron chi connectivity index (χ3n) is 4.51. The fraction of sp³-hybridized carbons (Fsp3) is 0.444. The number of nitrogens with zero attached hydrogens (tertiary/aromatic N) is 3. The quantitative estimate of drug-likeness (QED) is 0.884. The van der Waals surface area contributed by atoms with Gasteiger partial charge in [0, 0.05) is 31.4 Å². The van der Waals surface area contributed by atoms with Crippen LogP contribution >= 0.6 is 12.4 Å². The molecule has 1 amide bonds. The number of halogens is 2. The Morgan fingerprint density at radius 3 is 2.84 bits per heavy atom. The number of amides is 1. The van der Waals surface area contributed by atoms with Crippen LogP contribution < -0.4 is 5.32 Å². The molecular weight excluding hydrogens is 343 g/mol. The second-order valence-corrected chi connectivity index (χ2v) is 6.32. The number of likely N-dealkylation sites (N-methyl/N-ethyl adjacent to an activating group) is 2. The van der Waals surface area contributed by atoms with E-state index in [4.69, 9.17) is 0 Å². The molecule has 2 aromatic rings. The van der Waals surface area contributed by atoms with Gasteiger partial charge in [-0.2, -0.15) is 5.10 Å². The van der Waals surface area contributed by atoms with E-state index in [2.05, 4.69) is 10.4 Å². The van der Waals surface area contributed by atoms with E-state index in [9.17, 15) is 9.18 Å². The fourth-order valence-electron chi connectivity index (χ4n) is 3.15. The van der Waals surface area contributed by atoms with Gasteiger partial charge in [-0.05, 0) is 50.9 Å². The predicted molar refractivity (Wildman–Crippen MR) is 98.4 cm³/mol. The first-order valence-corrected chi connectivity index (χ1v) is 8.30. The van der Waals surface area contributed by atoms with Crippen LogP contribution in [0.2, 0.25) is 0 Å². The number of hydrogen-bond acceptors (Lipinski definition) is 3. The number of benzene rings is 1. The number of carbonyl (C=O) groups is 1. The highest BCUT2D eigenvalue weighted by atomic mass is 35.5. The zero-order valence-electron chi connectivity index (χ0n) is 14.8. The molecule has 1 N–H and O–H groups in total. The summed E-state index contributed by atoms with van der Waals surface area (Å²) in [5.74, 6) is -0.413. The lowest BCUT2D eigenvalue weighted by Crippen LogP contribution is -2.33. The van der Waals surface area contributed by atoms with Gasteiger partial charge in [0.2, 0.25) is 0 Å². The van der Waals surface area contributed by atoms with Gasteiger partial charge in [0.05, 0.1) is 0 Å². The van der Waals surface area contributed by atoms with Crippen LogP contribution in [-0.2, 0) is 12.8 Å². The Morgan fingerprint density at radius 1 is 1.40 bits per heavy atom. The van der Waals surface area contributed by atoms with Gasteiger partial charge in [-0.25, -0.2) is 9.07 Å². The van der Waals surface area contributed by atoms with Crippen molar-refractivity contribution < 1.29 is 9.18 Å². The minimum Gasteiger partial charge on any atom is -0.339 e. The summed E-state index contributed by atoms with van der Waals surface area (Å²) in [4.78, 5) is 14.4. The van der Waals surface area contributed by atoms with Crippen molar-refractivity contribution in [2.75, 3.05) is 27.2 Å². The first-order valence-electron chi connectivity index (χ1n) is 8.30. The van der Waals surface area contributed by atoms with Crippen molar-refractivity contribution in [1.29, 1.82) is 0 Å². The Morgan fingerprint density at radius 2 is 2.16 bits per heavy atom. The average molecular weight is 367 g/mol. The molecule has 3 rings (SSSR count). The van der Waals surface area contributed by atoms with E-state index in [1.54, 1.807) is 22.7 Å². The molecule has 1 aliphatic carbocycles. The Bertz CT molecular complexity index is 775. The third-order valence-corrected chi connectivity index (χ3v) is 4.51. The summed E-state index contributed by atoms with van der Waals surface area (Å²) in [6.45, 7) is 3.18. The molecule has 1 aromatic carbocycles. The smallest absolute Gasteiger partial charge is 0.274 e. The second-order valence-electron chi connectivity index (χ2n) is 6.32. The van der Waals surface area contributed by atoms with Gasteiger partial charge in [-0.15, -0.1) is 12.4 Å². The lowest BCUT2D eigenvalue weighted by atomic mass is 10.2. The van der Waals surface area contributed by atoms with Crippen molar-refractivity contribution in [2.24, 2.45) is 0 Å². The Labute approximate surface area is 153 Å². The van der Waals surface area contributed by atoms with Crippen LogP contribution in [0.3, 0.4) is 0 Å². The second kappa shape index (κ2) is 7.97. The van der Waals surface area contributed by atoms with Gasteiger partial charge < -0.3 is 10.2 Å². The Hall–Kier alpha value is -1.92. The normalized spacial score (nSPS) is 12.6. The minimum atomic E-state index is -0.310. The molecular formula is C18H24ClFN4O. The zero-order chi connectivity index (χ0) is 17.3. The lowest BCUT2D eigenvalue weighted by Gasteiger charge is -2.16. The maximum absolute atomic E-state index is 14.4. The van der Waals surface area contributed by atoms with Gasteiger partial charge >= 0.3 is 0 Å². The first kappa shape index (κ1) is 19.4. The van der Waals surface area contributed by atoms with Gasteiger partial charge in [0.1, 0.15) is 11.5 Å². The van der Waals surface area contributed by atoms with E-state index in [-0.39, 0.29) is 24.1 Å².